The number of imidazole rings is 1. The van der Waals surface area contributed by atoms with Crippen molar-refractivity contribution < 1.29 is 13.9 Å². The van der Waals surface area contributed by atoms with Crippen LogP contribution in [0.5, 0.6) is 0 Å². The maximum atomic E-state index is 15.2. The van der Waals surface area contributed by atoms with E-state index in [-0.39, 0.29) is 5.54 Å². The second-order valence-corrected chi connectivity index (χ2v) is 10.5. The highest BCUT2D eigenvalue weighted by Crippen LogP contribution is 2.57. The Kier molecular flexibility index (Phi) is 4.38. The van der Waals surface area contributed by atoms with Crippen LogP contribution >= 0.6 is 0 Å². The van der Waals surface area contributed by atoms with E-state index in [2.05, 4.69) is 36.9 Å². The van der Waals surface area contributed by atoms with Crippen molar-refractivity contribution in [3.8, 4) is 6.07 Å². The number of carbonyl (C=O) groups excluding carboxylic acids is 1. The Hall–Kier alpha value is -3.68. The number of anilines is 2. The number of nitrogens with zero attached hydrogens (tertiary/aromatic N) is 5. The number of fused-ring (bicyclic) bond motifs is 1. The number of ether oxygens (including phenoxy) is 1. The van der Waals surface area contributed by atoms with Crippen LogP contribution < -0.4 is 10.6 Å². The number of H-pyrrole nitrogens is 1. The van der Waals surface area contributed by atoms with Crippen LogP contribution in [0.2, 0.25) is 0 Å². The first kappa shape index (κ1) is 20.7. The number of rotatable bonds is 6. The topological polar surface area (TPSA) is 133 Å². The third-order valence-electron chi connectivity index (χ3n) is 8.05. The van der Waals surface area contributed by atoms with Gasteiger partial charge in [0.1, 0.15) is 24.0 Å². The average Bonchev–Trinajstić information content (AvgIpc) is 3.20. The Morgan fingerprint density at radius 1 is 1.29 bits per heavy atom. The summed E-state index contributed by atoms with van der Waals surface area (Å²) in [6.45, 7) is 0. The van der Waals surface area contributed by atoms with Gasteiger partial charge in [-0.15, -0.1) is 0 Å². The van der Waals surface area contributed by atoms with E-state index in [9.17, 15) is 10.1 Å². The van der Waals surface area contributed by atoms with Gasteiger partial charge in [-0.1, -0.05) is 0 Å². The quantitative estimate of drug-likeness (QED) is 0.493. The summed E-state index contributed by atoms with van der Waals surface area (Å²) in [5.74, 6) is 1.71. The predicted octanol–water partition coefficient (Wildman–Crippen LogP) is 3.81. The molecule has 5 saturated carbocycles. The van der Waals surface area contributed by atoms with E-state index in [0.717, 1.165) is 43.6 Å². The van der Waals surface area contributed by atoms with Crippen LogP contribution in [-0.2, 0) is 4.74 Å². The Morgan fingerprint density at radius 3 is 2.83 bits per heavy atom. The van der Waals surface area contributed by atoms with Gasteiger partial charge >= 0.3 is 6.09 Å². The van der Waals surface area contributed by atoms with Gasteiger partial charge in [-0.2, -0.15) is 10.4 Å². The number of alkyl halides is 1. The van der Waals surface area contributed by atoms with Gasteiger partial charge in [0.2, 0.25) is 5.95 Å². The number of nitrogens with one attached hydrogen (secondary N) is 3. The van der Waals surface area contributed by atoms with Gasteiger partial charge in [-0.3, -0.25) is 9.50 Å². The first-order chi connectivity index (χ1) is 17.0. The van der Waals surface area contributed by atoms with E-state index < -0.39 is 24.3 Å². The number of aromatic amines is 1. The van der Waals surface area contributed by atoms with Gasteiger partial charge in [-0.05, 0) is 56.8 Å². The minimum atomic E-state index is -1.31. The maximum Gasteiger partial charge on any atom is 0.407 e. The molecule has 3 atom stereocenters. The first-order valence-corrected chi connectivity index (χ1v) is 12.2. The van der Waals surface area contributed by atoms with Crippen molar-refractivity contribution in [3.63, 3.8) is 0 Å². The average molecular weight is 477 g/mol. The molecular weight excluding hydrogens is 451 g/mol. The lowest BCUT2D eigenvalue weighted by Gasteiger charge is -2.61. The van der Waals surface area contributed by atoms with Crippen LogP contribution in [0.25, 0.3) is 5.65 Å². The number of carbonyl (C=O) groups is 1. The first-order valence-electron chi connectivity index (χ1n) is 12.2. The normalized spacial score (nSPS) is 30.9. The van der Waals surface area contributed by atoms with Crippen LogP contribution in [0.1, 0.15) is 73.7 Å². The molecule has 10 nitrogen and oxygen atoms in total. The number of alkyl carbamates (subject to hydrolysis) is 1. The number of amides is 1. The Labute approximate surface area is 200 Å². The number of halogens is 1. The molecule has 180 valence electrons. The lowest BCUT2D eigenvalue weighted by molar-refractivity contribution is -0.0532. The third kappa shape index (κ3) is 3.42. The van der Waals surface area contributed by atoms with E-state index in [4.69, 9.17) is 4.74 Å². The van der Waals surface area contributed by atoms with Crippen molar-refractivity contribution in [2.75, 3.05) is 5.32 Å². The van der Waals surface area contributed by atoms with E-state index in [1.54, 1.807) is 22.9 Å². The number of hydrogen-bond donors (Lipinski definition) is 3. The summed E-state index contributed by atoms with van der Waals surface area (Å²) >= 11 is 0. The molecule has 5 aliphatic rings. The molecule has 3 N–H and O–H groups in total. The molecule has 8 rings (SSSR count). The highest BCUT2D eigenvalue weighted by Gasteiger charge is 2.58. The zero-order chi connectivity index (χ0) is 23.7. The Bertz CT molecular complexity index is 1350. The van der Waals surface area contributed by atoms with Gasteiger partial charge in [0, 0.05) is 35.0 Å². The molecule has 0 unspecified atom stereocenters. The molecule has 0 spiro atoms. The summed E-state index contributed by atoms with van der Waals surface area (Å²) in [6, 6.07) is 3.84. The van der Waals surface area contributed by atoms with E-state index in [0.29, 0.717) is 47.6 Å². The molecule has 1 amide bonds. The standard InChI is InChI=1S/C24H25FN8O2/c25-20-15(3-4-18(20)35-23(34)30-24-6-12(7-24)8-24)17-5-19(32-31-17)29-22-27-10-16(13-1-2-13)21-28-14(9-26)11-33(21)22/h5,10-13,15,18,20H,1-4,6-8H2,(H,30,34)(H2,27,29,31,32)/t12?,15-,18-,20-,24?/m1/s1. The Balaban J connectivity index is 1.04. The summed E-state index contributed by atoms with van der Waals surface area (Å²) in [5, 5.41) is 22.6. The van der Waals surface area contributed by atoms with Gasteiger partial charge in [0.15, 0.2) is 11.5 Å². The van der Waals surface area contributed by atoms with Crippen LogP contribution in [0, 0.1) is 17.2 Å². The second kappa shape index (κ2) is 7.41. The Morgan fingerprint density at radius 2 is 2.11 bits per heavy atom. The maximum absolute atomic E-state index is 15.2. The highest BCUT2D eigenvalue weighted by atomic mass is 19.1. The number of aromatic nitrogens is 5. The SMILES string of the molecule is N#Cc1cn2c(Nc3cc([C@H]4CC[C@@H](OC(=O)NC56CC(C5)C6)[C@@H]4F)[nH]n3)ncc(C3CC3)c2n1. The van der Waals surface area contributed by atoms with E-state index in [1.165, 1.54) is 0 Å². The third-order valence-corrected chi connectivity index (χ3v) is 8.05. The van der Waals surface area contributed by atoms with Crippen LogP contribution in [0.3, 0.4) is 0 Å². The van der Waals surface area contributed by atoms with Crippen molar-refractivity contribution in [2.24, 2.45) is 5.92 Å². The molecule has 0 aliphatic heterocycles. The summed E-state index contributed by atoms with van der Waals surface area (Å²) in [7, 11) is 0. The fourth-order valence-corrected chi connectivity index (χ4v) is 5.92. The van der Waals surface area contributed by atoms with Crippen LogP contribution in [-0.4, -0.2) is 48.5 Å². The summed E-state index contributed by atoms with van der Waals surface area (Å²) < 4.78 is 22.4. The van der Waals surface area contributed by atoms with Crippen molar-refractivity contribution in [1.82, 2.24) is 29.9 Å². The molecule has 35 heavy (non-hydrogen) atoms. The molecule has 3 aromatic heterocycles. The van der Waals surface area contributed by atoms with Gasteiger partial charge < -0.3 is 15.4 Å². The largest absolute Gasteiger partial charge is 0.443 e. The van der Waals surface area contributed by atoms with Crippen LogP contribution in [0.4, 0.5) is 21.0 Å². The summed E-state index contributed by atoms with van der Waals surface area (Å²) in [5.41, 5.74) is 2.63. The molecule has 11 heteroatoms. The molecule has 0 aromatic carbocycles. The molecule has 5 fully saturated rings. The highest BCUT2D eigenvalue weighted by molar-refractivity contribution is 5.69. The molecule has 2 bridgehead atoms. The smallest absolute Gasteiger partial charge is 0.407 e. The molecule has 3 heterocycles. The minimum Gasteiger partial charge on any atom is -0.443 e. The summed E-state index contributed by atoms with van der Waals surface area (Å²) in [4.78, 5) is 21.2. The molecule has 0 saturated heterocycles. The zero-order valence-electron chi connectivity index (χ0n) is 19.0. The fraction of sp³-hybridized carbons (Fsp3) is 0.542. The molecule has 3 aromatic rings. The predicted molar refractivity (Wildman–Crippen MR) is 122 cm³/mol. The monoisotopic (exact) mass is 476 g/mol. The molecule has 0 radical (unpaired) electrons. The molecule has 5 aliphatic carbocycles. The zero-order valence-corrected chi connectivity index (χ0v) is 19.0. The van der Waals surface area contributed by atoms with Gasteiger partial charge in [-0.25, -0.2) is 19.2 Å². The van der Waals surface area contributed by atoms with Crippen LogP contribution in [0.15, 0.2) is 18.5 Å². The van der Waals surface area contributed by atoms with Crippen molar-refractivity contribution >= 4 is 23.5 Å². The lowest BCUT2D eigenvalue weighted by atomic mass is 9.50. The lowest BCUT2D eigenvalue weighted by Crippen LogP contribution is -2.68. The van der Waals surface area contributed by atoms with Gasteiger partial charge in [0.05, 0.1) is 6.20 Å². The summed E-state index contributed by atoms with van der Waals surface area (Å²) in [6.07, 6.45) is 7.12. The van der Waals surface area contributed by atoms with E-state index >= 15 is 4.39 Å². The minimum absolute atomic E-state index is 0.0882. The van der Waals surface area contributed by atoms with E-state index in [1.807, 2.05) is 0 Å². The van der Waals surface area contributed by atoms with Crippen molar-refractivity contribution in [3.05, 3.63) is 35.4 Å². The fourth-order valence-electron chi connectivity index (χ4n) is 5.92. The van der Waals surface area contributed by atoms with Gasteiger partial charge in [0.25, 0.3) is 0 Å². The number of hydrogen-bond acceptors (Lipinski definition) is 7. The number of nitriles is 1. The second-order valence-electron chi connectivity index (χ2n) is 10.5. The molecular formula is C24H25FN8O2. The van der Waals surface area contributed by atoms with Crippen molar-refractivity contribution in [2.45, 2.75) is 74.6 Å². The van der Waals surface area contributed by atoms with Crippen molar-refractivity contribution in [1.29, 1.82) is 5.26 Å².